The quantitative estimate of drug-likeness (QED) is 0.346. The fourth-order valence-corrected chi connectivity index (χ4v) is 5.22. The molecule has 2 heterocycles. The number of carbonyl (C=O) groups is 1. The molecule has 1 amide bonds. The van der Waals surface area contributed by atoms with Gasteiger partial charge in [0.05, 0.1) is 24.1 Å². The normalized spacial score (nSPS) is 20.2. The number of fused-ring (bicyclic) bond motifs is 1. The van der Waals surface area contributed by atoms with Gasteiger partial charge in [0.15, 0.2) is 0 Å². The molecule has 0 radical (unpaired) electrons. The highest BCUT2D eigenvalue weighted by atomic mass is 16.5. The summed E-state index contributed by atoms with van der Waals surface area (Å²) in [5.41, 5.74) is 5.24. The van der Waals surface area contributed by atoms with E-state index in [-0.39, 0.29) is 17.9 Å². The van der Waals surface area contributed by atoms with Crippen LogP contribution < -0.4 is 10.2 Å². The maximum absolute atomic E-state index is 13.9. The summed E-state index contributed by atoms with van der Waals surface area (Å²) in [6, 6.07) is 16.1. The molecular formula is C28H31N5O2. The van der Waals surface area contributed by atoms with E-state index < -0.39 is 0 Å². The molecule has 7 nitrogen and oxygen atoms in total. The number of ether oxygens (including phenoxy) is 1. The lowest BCUT2D eigenvalue weighted by Gasteiger charge is -2.42. The lowest BCUT2D eigenvalue weighted by molar-refractivity contribution is 0.0343. The Bertz CT molecular complexity index is 1250. The summed E-state index contributed by atoms with van der Waals surface area (Å²) in [7, 11) is 0. The fraction of sp³-hybridized carbons (Fsp3) is 0.357. The van der Waals surface area contributed by atoms with E-state index in [0.29, 0.717) is 29.7 Å². The van der Waals surface area contributed by atoms with Crippen molar-refractivity contribution in [1.29, 1.82) is 5.41 Å². The Morgan fingerprint density at radius 1 is 1.23 bits per heavy atom. The highest BCUT2D eigenvalue weighted by molar-refractivity contribution is 6.14. The van der Waals surface area contributed by atoms with Gasteiger partial charge in [-0.2, -0.15) is 5.10 Å². The smallest absolute Gasteiger partial charge is 0.256 e. The first-order chi connectivity index (χ1) is 17.2. The maximum atomic E-state index is 13.9. The van der Waals surface area contributed by atoms with Crippen LogP contribution in [-0.2, 0) is 0 Å². The van der Waals surface area contributed by atoms with Gasteiger partial charge in [-0.05, 0) is 68.2 Å². The van der Waals surface area contributed by atoms with Crippen LogP contribution in [0.4, 0.5) is 5.69 Å². The molecule has 2 aromatic carbocycles. The van der Waals surface area contributed by atoms with Crippen molar-refractivity contribution in [3.8, 4) is 5.88 Å². The number of anilines is 1. The van der Waals surface area contributed by atoms with Gasteiger partial charge >= 0.3 is 0 Å². The first-order valence-electron chi connectivity index (χ1n) is 12.3. The fourth-order valence-electron chi connectivity index (χ4n) is 5.22. The van der Waals surface area contributed by atoms with Crippen molar-refractivity contribution >= 4 is 34.8 Å². The van der Waals surface area contributed by atoms with Crippen molar-refractivity contribution in [3.63, 3.8) is 0 Å². The summed E-state index contributed by atoms with van der Waals surface area (Å²) in [5, 5.41) is 13.3. The Morgan fingerprint density at radius 3 is 2.91 bits per heavy atom. The van der Waals surface area contributed by atoms with Gasteiger partial charge in [-0.3, -0.25) is 10.2 Å². The van der Waals surface area contributed by atoms with Crippen molar-refractivity contribution in [2.75, 3.05) is 18.6 Å². The molecule has 0 bridgehead atoms. The van der Waals surface area contributed by atoms with Crippen LogP contribution >= 0.6 is 0 Å². The Labute approximate surface area is 205 Å². The van der Waals surface area contributed by atoms with Gasteiger partial charge in [0.2, 0.25) is 5.88 Å². The van der Waals surface area contributed by atoms with Gasteiger partial charge < -0.3 is 15.0 Å². The number of hydrogen-bond acceptors (Lipinski definition) is 6. The van der Waals surface area contributed by atoms with Gasteiger partial charge in [0, 0.05) is 36.3 Å². The Balaban J connectivity index is 1.38. The van der Waals surface area contributed by atoms with E-state index in [1.54, 1.807) is 6.20 Å². The highest BCUT2D eigenvalue weighted by Crippen LogP contribution is 2.43. The molecule has 2 fully saturated rings. The molecule has 7 heteroatoms. The lowest BCUT2D eigenvalue weighted by Crippen LogP contribution is -2.51. The molecule has 2 N–H and O–H groups in total. The predicted octanol–water partition coefficient (Wildman–Crippen LogP) is 5.30. The number of aromatic nitrogens is 1. The number of carbonyl (C=O) groups excluding carboxylic acids is 1. The molecule has 1 aliphatic heterocycles. The first kappa shape index (κ1) is 23.0. The predicted molar refractivity (Wildman–Crippen MR) is 140 cm³/mol. The summed E-state index contributed by atoms with van der Waals surface area (Å²) in [5.74, 6) is 1.48. The molecule has 1 saturated heterocycles. The van der Waals surface area contributed by atoms with Gasteiger partial charge in [-0.1, -0.05) is 29.8 Å². The molecule has 3 aromatic rings. The number of benzene rings is 2. The van der Waals surface area contributed by atoms with Crippen molar-refractivity contribution < 1.29 is 9.53 Å². The van der Waals surface area contributed by atoms with Gasteiger partial charge in [-0.25, -0.2) is 4.98 Å². The molecule has 1 saturated carbocycles. The van der Waals surface area contributed by atoms with Crippen molar-refractivity contribution in [2.24, 2.45) is 16.9 Å². The topological polar surface area (TPSA) is 90.7 Å². The van der Waals surface area contributed by atoms with Gasteiger partial charge in [0.25, 0.3) is 5.91 Å². The standard InChI is InChI=1S/C28H31N5O2/c1-19-8-11-25(32-31-15-13-29)24(17-19)28(34)33-16-4-6-22(26(33)21-9-10-21)18-35-27-23-7-3-2-5-20(23)12-14-30-27/h2-3,5,7-8,11-15,17,21-22,26,29,32H,4,6,9-10,16,18H2,1H3/b29-13?,31-15-/t22-,26-/m0/s1. The Morgan fingerprint density at radius 2 is 2.09 bits per heavy atom. The van der Waals surface area contributed by atoms with Crippen molar-refractivity contribution in [3.05, 3.63) is 65.9 Å². The third-order valence-electron chi connectivity index (χ3n) is 6.99. The molecule has 0 spiro atoms. The van der Waals surface area contributed by atoms with Crippen LogP contribution in [0.1, 0.15) is 41.6 Å². The molecule has 0 unspecified atom stereocenters. The van der Waals surface area contributed by atoms with Crippen LogP contribution in [0.3, 0.4) is 0 Å². The average molecular weight is 470 g/mol. The number of rotatable bonds is 8. The van der Waals surface area contributed by atoms with Gasteiger partial charge in [0.1, 0.15) is 0 Å². The number of hydrazone groups is 1. The zero-order chi connectivity index (χ0) is 24.2. The van der Waals surface area contributed by atoms with Crippen LogP contribution in [0.15, 0.2) is 59.8 Å². The number of piperidine rings is 1. The van der Waals surface area contributed by atoms with Crippen molar-refractivity contribution in [2.45, 2.75) is 38.6 Å². The Kier molecular flexibility index (Phi) is 6.75. The monoisotopic (exact) mass is 469 g/mol. The van der Waals surface area contributed by atoms with Crippen molar-refractivity contribution in [1.82, 2.24) is 9.88 Å². The number of aryl methyl sites for hydroxylation is 1. The molecule has 2 aliphatic rings. The number of hydrogen-bond donors (Lipinski definition) is 2. The maximum Gasteiger partial charge on any atom is 0.256 e. The molecule has 2 atom stereocenters. The molecule has 180 valence electrons. The summed E-state index contributed by atoms with van der Waals surface area (Å²) < 4.78 is 6.31. The summed E-state index contributed by atoms with van der Waals surface area (Å²) in [4.78, 5) is 20.4. The van der Waals surface area contributed by atoms with Crippen LogP contribution in [0, 0.1) is 24.2 Å². The van der Waals surface area contributed by atoms with E-state index in [4.69, 9.17) is 10.1 Å². The van der Waals surface area contributed by atoms with E-state index in [2.05, 4.69) is 26.5 Å². The largest absolute Gasteiger partial charge is 0.477 e. The second-order valence-electron chi connectivity index (χ2n) is 9.48. The SMILES string of the molecule is Cc1ccc(N/N=C\C=N)c(C(=O)N2CCC[C@@H](COc3nccc4ccccc34)[C@@H]2C2CC2)c1. The summed E-state index contributed by atoms with van der Waals surface area (Å²) >= 11 is 0. The third-order valence-corrected chi connectivity index (χ3v) is 6.99. The number of amides is 1. The first-order valence-corrected chi connectivity index (χ1v) is 12.3. The number of nitrogens with zero attached hydrogens (tertiary/aromatic N) is 3. The van der Waals surface area contributed by atoms with Crippen LogP contribution in [0.5, 0.6) is 5.88 Å². The van der Waals surface area contributed by atoms with Crippen LogP contribution in [0.2, 0.25) is 0 Å². The van der Waals surface area contributed by atoms with Gasteiger partial charge in [-0.15, -0.1) is 0 Å². The van der Waals surface area contributed by atoms with E-state index in [1.807, 2.05) is 49.4 Å². The second kappa shape index (κ2) is 10.3. The Hall–Kier alpha value is -3.74. The third kappa shape index (κ3) is 5.04. The van der Waals surface area contributed by atoms with E-state index in [1.165, 1.54) is 6.21 Å². The van der Waals surface area contributed by atoms with E-state index in [9.17, 15) is 4.79 Å². The zero-order valence-electron chi connectivity index (χ0n) is 20.0. The average Bonchev–Trinajstić information content (AvgIpc) is 3.73. The van der Waals surface area contributed by atoms with E-state index in [0.717, 1.165) is 54.8 Å². The number of likely N-dealkylation sites (tertiary alicyclic amines) is 1. The summed E-state index contributed by atoms with van der Waals surface area (Å²) in [6.07, 6.45) is 8.55. The molecule has 1 aliphatic carbocycles. The number of nitrogens with one attached hydrogen (secondary N) is 2. The zero-order valence-corrected chi connectivity index (χ0v) is 20.0. The molecule has 5 rings (SSSR count). The van der Waals surface area contributed by atoms with Crippen LogP contribution in [-0.4, -0.2) is 47.4 Å². The number of pyridine rings is 1. The minimum atomic E-state index is 0.0335. The molecule has 1 aromatic heterocycles. The van der Waals surface area contributed by atoms with Crippen LogP contribution in [0.25, 0.3) is 10.8 Å². The molecule has 35 heavy (non-hydrogen) atoms. The minimum Gasteiger partial charge on any atom is -0.477 e. The summed E-state index contributed by atoms with van der Waals surface area (Å²) in [6.45, 7) is 3.29. The lowest BCUT2D eigenvalue weighted by atomic mass is 9.86. The minimum absolute atomic E-state index is 0.0335. The highest BCUT2D eigenvalue weighted by Gasteiger charge is 2.44. The molecular weight excluding hydrogens is 438 g/mol. The van der Waals surface area contributed by atoms with E-state index >= 15 is 0 Å². The second-order valence-corrected chi connectivity index (χ2v) is 9.48.